The predicted molar refractivity (Wildman–Crippen MR) is 52.8 cm³/mol. The lowest BCUT2D eigenvalue weighted by Crippen LogP contribution is -2.38. The molecule has 8 heteroatoms. The van der Waals surface area contributed by atoms with Crippen LogP contribution in [0.25, 0.3) is 0 Å². The summed E-state index contributed by atoms with van der Waals surface area (Å²) in [5, 5.41) is 38.2. The Labute approximate surface area is 95.5 Å². The van der Waals surface area contributed by atoms with Crippen molar-refractivity contribution in [2.24, 2.45) is 0 Å². The molecule has 0 bridgehead atoms. The molecule has 0 aliphatic carbocycles. The van der Waals surface area contributed by atoms with Crippen LogP contribution in [0.15, 0.2) is 18.2 Å². The van der Waals surface area contributed by atoms with E-state index in [1.165, 1.54) is 18.2 Å². The number of hydroxylamine groups is 1. The number of aliphatic carboxylic acids is 1. The van der Waals surface area contributed by atoms with Crippen molar-refractivity contribution in [1.82, 2.24) is 5.48 Å². The Morgan fingerprint density at radius 2 is 2.06 bits per heavy atom. The molecule has 5 N–H and O–H groups in total. The van der Waals surface area contributed by atoms with E-state index >= 15 is 0 Å². The van der Waals surface area contributed by atoms with E-state index in [0.717, 1.165) is 0 Å². The van der Waals surface area contributed by atoms with E-state index in [0.29, 0.717) is 5.56 Å². The van der Waals surface area contributed by atoms with E-state index in [4.69, 9.17) is 15.5 Å². The van der Waals surface area contributed by atoms with Crippen molar-refractivity contribution in [3.05, 3.63) is 23.8 Å². The van der Waals surface area contributed by atoms with Crippen molar-refractivity contribution in [3.63, 3.8) is 0 Å². The number of benzene rings is 1. The standard InChI is InChI=1S/C9H11NO7/c11-7-2-1-5(4-8(7)12)3-6(9(13)14)10-16-17-15/h1-2,4,6,10-12,15H,3H2,(H,13,14)/t6-/m0/s1. The number of carboxylic acids is 1. The highest BCUT2D eigenvalue weighted by atomic mass is 17.5. The molecular formula is C9H11NO7. The highest BCUT2D eigenvalue weighted by molar-refractivity contribution is 5.73. The summed E-state index contributed by atoms with van der Waals surface area (Å²) < 4.78 is 0. The SMILES string of the molecule is O=C(O)[C@H](Cc1ccc(O)c(O)c1)NOOO. The minimum Gasteiger partial charge on any atom is -0.504 e. The molecule has 8 nitrogen and oxygen atoms in total. The van der Waals surface area contributed by atoms with Crippen molar-refractivity contribution in [2.75, 3.05) is 0 Å². The van der Waals surface area contributed by atoms with Crippen LogP contribution in [0.4, 0.5) is 0 Å². The maximum atomic E-state index is 10.8. The molecule has 0 amide bonds. The summed E-state index contributed by atoms with van der Waals surface area (Å²) >= 11 is 0. The van der Waals surface area contributed by atoms with Crippen LogP contribution in [0.1, 0.15) is 5.56 Å². The second-order valence-electron chi connectivity index (χ2n) is 3.19. The molecular weight excluding hydrogens is 234 g/mol. The van der Waals surface area contributed by atoms with Gasteiger partial charge in [0.25, 0.3) is 0 Å². The molecule has 17 heavy (non-hydrogen) atoms. The zero-order valence-corrected chi connectivity index (χ0v) is 8.53. The van der Waals surface area contributed by atoms with E-state index in [1.54, 1.807) is 0 Å². The van der Waals surface area contributed by atoms with Gasteiger partial charge in [-0.25, -0.2) is 5.26 Å². The van der Waals surface area contributed by atoms with E-state index in [-0.39, 0.29) is 17.9 Å². The Bertz CT molecular complexity index is 395. The Kier molecular flexibility index (Phi) is 4.67. The number of aromatic hydroxyl groups is 2. The van der Waals surface area contributed by atoms with Gasteiger partial charge in [-0.3, -0.25) is 4.79 Å². The number of phenolic OH excluding ortho intramolecular Hbond substituents is 2. The van der Waals surface area contributed by atoms with Gasteiger partial charge in [-0.1, -0.05) is 11.1 Å². The predicted octanol–water partition coefficient (Wildman–Crippen LogP) is 0.0193. The zero-order chi connectivity index (χ0) is 12.8. The molecule has 0 aliphatic heterocycles. The number of carboxylic acid groups (broad SMARTS) is 1. The molecule has 0 heterocycles. The van der Waals surface area contributed by atoms with Crippen molar-refractivity contribution in [1.29, 1.82) is 0 Å². The molecule has 0 unspecified atom stereocenters. The van der Waals surface area contributed by atoms with E-state index < -0.39 is 12.0 Å². The molecule has 0 aromatic heterocycles. The third-order valence-corrected chi connectivity index (χ3v) is 2.01. The van der Waals surface area contributed by atoms with Gasteiger partial charge in [0.05, 0.1) is 0 Å². The first kappa shape index (κ1) is 13.2. The molecule has 0 saturated heterocycles. The average Bonchev–Trinajstić information content (AvgIpc) is 2.28. The Morgan fingerprint density at radius 1 is 1.35 bits per heavy atom. The third-order valence-electron chi connectivity index (χ3n) is 2.01. The van der Waals surface area contributed by atoms with E-state index in [2.05, 4.69) is 10.0 Å². The average molecular weight is 245 g/mol. The molecule has 1 rings (SSSR count). The molecule has 0 aliphatic rings. The molecule has 1 atom stereocenters. The fourth-order valence-corrected chi connectivity index (χ4v) is 1.19. The topological polar surface area (TPSA) is 128 Å². The monoisotopic (exact) mass is 245 g/mol. The second-order valence-corrected chi connectivity index (χ2v) is 3.19. The van der Waals surface area contributed by atoms with Crippen molar-refractivity contribution < 1.29 is 35.4 Å². The van der Waals surface area contributed by atoms with Crippen LogP contribution >= 0.6 is 0 Å². The minimum absolute atomic E-state index is 0.0491. The summed E-state index contributed by atoms with van der Waals surface area (Å²) in [6.45, 7) is 0. The Hall–Kier alpha value is -1.87. The number of phenols is 2. The number of hydrogen-bond acceptors (Lipinski definition) is 7. The van der Waals surface area contributed by atoms with Gasteiger partial charge < -0.3 is 15.3 Å². The summed E-state index contributed by atoms with van der Waals surface area (Å²) in [6, 6.07) is 2.69. The molecule has 94 valence electrons. The third kappa shape index (κ3) is 3.89. The van der Waals surface area contributed by atoms with Gasteiger partial charge in [-0.05, 0) is 17.7 Å². The molecule has 0 fully saturated rings. The lowest BCUT2D eigenvalue weighted by Gasteiger charge is -2.12. The smallest absolute Gasteiger partial charge is 0.323 e. The van der Waals surface area contributed by atoms with E-state index in [1.807, 2.05) is 5.48 Å². The first-order valence-corrected chi connectivity index (χ1v) is 4.51. The minimum atomic E-state index is -1.24. The highest BCUT2D eigenvalue weighted by Gasteiger charge is 2.19. The van der Waals surface area contributed by atoms with Crippen LogP contribution in [-0.4, -0.2) is 32.6 Å². The molecule has 0 saturated carbocycles. The van der Waals surface area contributed by atoms with Crippen LogP contribution in [0, 0.1) is 0 Å². The van der Waals surface area contributed by atoms with Gasteiger partial charge in [0.15, 0.2) is 11.5 Å². The van der Waals surface area contributed by atoms with E-state index in [9.17, 15) is 9.90 Å². The van der Waals surface area contributed by atoms with Crippen LogP contribution in [0.3, 0.4) is 0 Å². The van der Waals surface area contributed by atoms with Gasteiger partial charge >= 0.3 is 5.97 Å². The first-order chi connectivity index (χ1) is 8.04. The van der Waals surface area contributed by atoms with Gasteiger partial charge in [0.1, 0.15) is 6.04 Å². The summed E-state index contributed by atoms with van der Waals surface area (Å²) in [5.41, 5.74) is 2.38. The van der Waals surface area contributed by atoms with Gasteiger partial charge in [0, 0.05) is 6.42 Å². The van der Waals surface area contributed by atoms with Gasteiger partial charge in [-0.2, -0.15) is 5.48 Å². The fraction of sp³-hybridized carbons (Fsp3) is 0.222. The largest absolute Gasteiger partial charge is 0.504 e. The van der Waals surface area contributed by atoms with Crippen LogP contribution < -0.4 is 5.48 Å². The summed E-state index contributed by atoms with van der Waals surface area (Å²) in [7, 11) is 0. The lowest BCUT2D eigenvalue weighted by atomic mass is 10.1. The number of rotatable bonds is 6. The molecule has 1 aromatic carbocycles. The molecule has 0 radical (unpaired) electrons. The fourth-order valence-electron chi connectivity index (χ4n) is 1.19. The summed E-state index contributed by atoms with van der Waals surface area (Å²) in [4.78, 5) is 14.7. The Balaban J connectivity index is 2.71. The zero-order valence-electron chi connectivity index (χ0n) is 8.53. The molecule has 1 aromatic rings. The van der Waals surface area contributed by atoms with Crippen LogP contribution in [0.5, 0.6) is 11.5 Å². The van der Waals surface area contributed by atoms with Gasteiger partial charge in [0.2, 0.25) is 0 Å². The summed E-state index contributed by atoms with van der Waals surface area (Å²) in [5.74, 6) is -1.90. The second kappa shape index (κ2) is 6.01. The molecule has 0 spiro atoms. The van der Waals surface area contributed by atoms with Crippen molar-refractivity contribution in [2.45, 2.75) is 12.5 Å². The number of hydrogen-bond donors (Lipinski definition) is 5. The first-order valence-electron chi connectivity index (χ1n) is 4.51. The number of nitrogens with one attached hydrogen (secondary N) is 1. The Morgan fingerprint density at radius 3 is 2.59 bits per heavy atom. The normalized spacial score (nSPS) is 12.3. The van der Waals surface area contributed by atoms with Gasteiger partial charge in [-0.15, -0.1) is 4.99 Å². The maximum absolute atomic E-state index is 10.8. The van der Waals surface area contributed by atoms with Crippen molar-refractivity contribution >= 4 is 5.97 Å². The highest BCUT2D eigenvalue weighted by Crippen LogP contribution is 2.25. The van der Waals surface area contributed by atoms with Crippen LogP contribution in [0.2, 0.25) is 0 Å². The summed E-state index contributed by atoms with van der Waals surface area (Å²) in [6.07, 6.45) is -0.0491. The number of carbonyl (C=O) groups is 1. The lowest BCUT2D eigenvalue weighted by molar-refractivity contribution is -0.516. The maximum Gasteiger partial charge on any atom is 0.323 e. The quantitative estimate of drug-likeness (QED) is 0.269. The van der Waals surface area contributed by atoms with Crippen molar-refractivity contribution in [3.8, 4) is 11.5 Å². The van der Waals surface area contributed by atoms with Crippen LogP contribution in [-0.2, 0) is 21.2 Å².